The summed E-state index contributed by atoms with van der Waals surface area (Å²) in [6, 6.07) is 0. The SMILES string of the molecule is CC(=O)/C=C(/C)O.CC(=O)/C=C(/C)O.O.O.[Mn]. The van der Waals surface area contributed by atoms with Crippen LogP contribution >= 0.6 is 0 Å². The zero-order chi connectivity index (χ0) is 11.7. The second-order valence-corrected chi connectivity index (χ2v) is 2.79. The third kappa shape index (κ3) is 52.2. The Morgan fingerprint density at radius 3 is 0.941 bits per heavy atom. The van der Waals surface area contributed by atoms with E-state index in [9.17, 15) is 9.59 Å². The van der Waals surface area contributed by atoms with Crippen molar-refractivity contribution in [1.29, 1.82) is 0 Å². The van der Waals surface area contributed by atoms with E-state index in [0.29, 0.717) is 0 Å². The smallest absolute Gasteiger partial charge is 0.155 e. The number of aliphatic hydroxyl groups excluding tert-OH is 2. The van der Waals surface area contributed by atoms with Gasteiger partial charge in [-0.1, -0.05) is 0 Å². The molecule has 0 aromatic rings. The van der Waals surface area contributed by atoms with Gasteiger partial charge in [-0.15, -0.1) is 0 Å². The molecule has 0 aromatic carbocycles. The molecule has 0 amide bonds. The van der Waals surface area contributed by atoms with Crippen LogP contribution in [0.25, 0.3) is 0 Å². The minimum atomic E-state index is -0.125. The predicted octanol–water partition coefficient (Wildman–Crippen LogP) is 0.422. The average Bonchev–Trinajstić information content (AvgIpc) is 1.79. The third-order valence-corrected chi connectivity index (χ3v) is 0.824. The Morgan fingerprint density at radius 1 is 0.765 bits per heavy atom. The molecule has 0 bridgehead atoms. The van der Waals surface area contributed by atoms with Crippen LogP contribution < -0.4 is 0 Å². The summed E-state index contributed by atoms with van der Waals surface area (Å²) in [6.45, 7) is 5.70. The van der Waals surface area contributed by atoms with Gasteiger partial charge in [0.05, 0.1) is 11.5 Å². The molecule has 0 atom stereocenters. The first-order valence-corrected chi connectivity index (χ1v) is 4.01. The van der Waals surface area contributed by atoms with Gasteiger partial charge in [0.15, 0.2) is 11.6 Å². The summed E-state index contributed by atoms with van der Waals surface area (Å²) in [7, 11) is 0. The molecule has 6 N–H and O–H groups in total. The molecule has 0 saturated carbocycles. The summed E-state index contributed by atoms with van der Waals surface area (Å²) in [5.41, 5.74) is 0. The van der Waals surface area contributed by atoms with Gasteiger partial charge in [0.1, 0.15) is 0 Å². The van der Waals surface area contributed by atoms with Crippen LogP contribution in [0.15, 0.2) is 23.7 Å². The molecular formula is C10H20MnO6. The van der Waals surface area contributed by atoms with Crippen LogP contribution in [0.3, 0.4) is 0 Å². The molecule has 0 fully saturated rings. The maximum atomic E-state index is 10.0. The Morgan fingerprint density at radius 2 is 0.941 bits per heavy atom. The summed E-state index contributed by atoms with van der Waals surface area (Å²) in [5, 5.41) is 16.7. The Kier molecular flexibility index (Phi) is 30.1. The van der Waals surface area contributed by atoms with Crippen molar-refractivity contribution in [3.8, 4) is 0 Å². The number of aliphatic hydroxyl groups is 2. The van der Waals surface area contributed by atoms with Crippen molar-refractivity contribution >= 4 is 11.6 Å². The summed E-state index contributed by atoms with van der Waals surface area (Å²) < 4.78 is 0. The Balaban J connectivity index is -0.0000000480. The summed E-state index contributed by atoms with van der Waals surface area (Å²) in [4.78, 5) is 20.0. The van der Waals surface area contributed by atoms with E-state index in [2.05, 4.69) is 0 Å². The second kappa shape index (κ2) is 17.3. The van der Waals surface area contributed by atoms with Crippen LogP contribution in [0.2, 0.25) is 0 Å². The summed E-state index contributed by atoms with van der Waals surface area (Å²) in [5.74, 6) is -0.125. The quantitative estimate of drug-likeness (QED) is 0.432. The van der Waals surface area contributed by atoms with Gasteiger partial charge in [0.25, 0.3) is 0 Å². The minimum absolute atomic E-state index is 0. The fourth-order valence-electron chi connectivity index (χ4n) is 0.588. The average molecular weight is 291 g/mol. The number of allylic oxidation sites excluding steroid dienone is 4. The van der Waals surface area contributed by atoms with Gasteiger partial charge in [-0.3, -0.25) is 9.59 Å². The van der Waals surface area contributed by atoms with E-state index in [-0.39, 0.29) is 51.1 Å². The number of ketones is 2. The predicted molar refractivity (Wildman–Crippen MR) is 61.4 cm³/mol. The molecule has 0 aliphatic carbocycles. The molecule has 0 unspecified atom stereocenters. The number of hydrogen-bond acceptors (Lipinski definition) is 4. The van der Waals surface area contributed by atoms with E-state index in [0.717, 1.165) is 0 Å². The normalized spacial score (nSPS) is 9.41. The first kappa shape index (κ1) is 29.7. The first-order valence-electron chi connectivity index (χ1n) is 4.01. The molecule has 7 heteroatoms. The van der Waals surface area contributed by atoms with Crippen molar-refractivity contribution in [2.75, 3.05) is 0 Å². The summed E-state index contributed by atoms with van der Waals surface area (Å²) in [6.07, 6.45) is 2.33. The van der Waals surface area contributed by atoms with E-state index >= 15 is 0 Å². The molecule has 0 aromatic heterocycles. The van der Waals surface area contributed by atoms with Crippen LogP contribution in [-0.4, -0.2) is 32.7 Å². The number of carbonyl (C=O) groups excluding carboxylic acids is 2. The van der Waals surface area contributed by atoms with Gasteiger partial charge in [-0.2, -0.15) is 0 Å². The molecule has 17 heavy (non-hydrogen) atoms. The molecular weight excluding hydrogens is 271 g/mol. The monoisotopic (exact) mass is 291 g/mol. The Hall–Kier alpha value is -1.14. The van der Waals surface area contributed by atoms with Crippen molar-refractivity contribution in [2.24, 2.45) is 0 Å². The Labute approximate surface area is 111 Å². The van der Waals surface area contributed by atoms with Crippen LogP contribution in [0.5, 0.6) is 0 Å². The molecule has 1 radical (unpaired) electrons. The molecule has 103 valence electrons. The van der Waals surface area contributed by atoms with Crippen molar-refractivity contribution in [3.05, 3.63) is 23.7 Å². The van der Waals surface area contributed by atoms with E-state index < -0.39 is 0 Å². The maximum Gasteiger partial charge on any atom is 0.155 e. The molecule has 0 aliphatic rings. The van der Waals surface area contributed by atoms with Gasteiger partial charge in [0, 0.05) is 29.2 Å². The number of carbonyl (C=O) groups is 2. The fraction of sp³-hybridized carbons (Fsp3) is 0.400. The van der Waals surface area contributed by atoms with Crippen LogP contribution in [-0.2, 0) is 26.7 Å². The van der Waals surface area contributed by atoms with Crippen LogP contribution in [0, 0.1) is 0 Å². The van der Waals surface area contributed by atoms with Crippen molar-refractivity contribution < 1.29 is 47.8 Å². The van der Waals surface area contributed by atoms with E-state index in [1.807, 2.05) is 0 Å². The maximum absolute atomic E-state index is 10.0. The molecule has 0 rings (SSSR count). The molecule has 0 heterocycles. The molecule has 0 aliphatic heterocycles. The second-order valence-electron chi connectivity index (χ2n) is 2.79. The van der Waals surface area contributed by atoms with Gasteiger partial charge in [-0.05, 0) is 27.7 Å². The Bertz CT molecular complexity index is 234. The van der Waals surface area contributed by atoms with Gasteiger partial charge < -0.3 is 21.2 Å². The largest absolute Gasteiger partial charge is 0.512 e. The van der Waals surface area contributed by atoms with E-state index in [4.69, 9.17) is 10.2 Å². The zero-order valence-corrected chi connectivity index (χ0v) is 11.4. The standard InChI is InChI=1S/2C5H8O2.Mn.2H2O/c2*1-4(6)3-5(2)7;;;/h2*3,6H,1-2H3;;2*1H2/b2*4-3-;;;. The van der Waals surface area contributed by atoms with E-state index in [1.54, 1.807) is 0 Å². The van der Waals surface area contributed by atoms with E-state index in [1.165, 1.54) is 39.8 Å². The van der Waals surface area contributed by atoms with Gasteiger partial charge >= 0.3 is 0 Å². The van der Waals surface area contributed by atoms with Crippen molar-refractivity contribution in [1.82, 2.24) is 0 Å². The van der Waals surface area contributed by atoms with Crippen LogP contribution in [0.4, 0.5) is 0 Å². The van der Waals surface area contributed by atoms with Gasteiger partial charge in [-0.25, -0.2) is 0 Å². The van der Waals surface area contributed by atoms with Gasteiger partial charge in [0.2, 0.25) is 0 Å². The first-order chi connectivity index (χ1) is 6.25. The topological polar surface area (TPSA) is 138 Å². The zero-order valence-electron chi connectivity index (χ0n) is 10.2. The molecule has 0 spiro atoms. The third-order valence-electron chi connectivity index (χ3n) is 0.824. The molecule has 0 saturated heterocycles. The summed E-state index contributed by atoms with van der Waals surface area (Å²) >= 11 is 0. The molecule has 6 nitrogen and oxygen atoms in total. The van der Waals surface area contributed by atoms with Crippen molar-refractivity contribution in [3.63, 3.8) is 0 Å². The van der Waals surface area contributed by atoms with Crippen LogP contribution in [0.1, 0.15) is 27.7 Å². The fourth-order valence-corrected chi connectivity index (χ4v) is 0.588. The number of rotatable bonds is 2. The van der Waals surface area contributed by atoms with Crippen molar-refractivity contribution in [2.45, 2.75) is 27.7 Å². The number of hydrogen-bond donors (Lipinski definition) is 2. The minimum Gasteiger partial charge on any atom is -0.512 e.